The second-order valence-corrected chi connectivity index (χ2v) is 12.8. The fraction of sp³-hybridized carbons (Fsp3) is 0.0323. The Kier molecular flexibility index (Phi) is 3.85. The Morgan fingerprint density at radius 1 is 0.515 bits per heavy atom. The second kappa shape index (κ2) is 6.81. The van der Waals surface area contributed by atoms with Crippen LogP contribution in [0.2, 0.25) is 0 Å². The molecule has 6 aromatic rings. The first kappa shape index (κ1) is 18.7. The van der Waals surface area contributed by atoms with Gasteiger partial charge >= 0.3 is 0 Å². The van der Waals surface area contributed by atoms with Gasteiger partial charge in [-0.15, -0.1) is 0 Å². The van der Waals surface area contributed by atoms with Crippen LogP contribution in [-0.4, -0.2) is 8.07 Å². The fourth-order valence-electron chi connectivity index (χ4n) is 5.82. The van der Waals surface area contributed by atoms with Crippen molar-refractivity contribution in [2.75, 3.05) is 0 Å². The van der Waals surface area contributed by atoms with E-state index in [0.717, 1.165) is 11.2 Å². The van der Waals surface area contributed by atoms with Gasteiger partial charge < -0.3 is 4.42 Å². The molecule has 0 amide bonds. The zero-order chi connectivity index (χ0) is 22.0. The quantitative estimate of drug-likeness (QED) is 0.336. The minimum Gasteiger partial charge on any atom is -0.456 e. The number of benzene rings is 5. The van der Waals surface area contributed by atoms with E-state index in [1.807, 2.05) is 6.07 Å². The van der Waals surface area contributed by atoms with Crippen molar-refractivity contribution in [3.8, 4) is 11.1 Å². The minimum atomic E-state index is -2.48. The van der Waals surface area contributed by atoms with E-state index in [4.69, 9.17) is 4.42 Å². The zero-order valence-corrected chi connectivity index (χ0v) is 19.4. The monoisotopic (exact) mass is 438 g/mol. The van der Waals surface area contributed by atoms with E-state index in [-0.39, 0.29) is 0 Å². The Bertz CT molecular complexity index is 1620. The van der Waals surface area contributed by atoms with Crippen molar-refractivity contribution in [3.05, 3.63) is 121 Å². The summed E-state index contributed by atoms with van der Waals surface area (Å²) in [5.74, 6) is 0. The normalized spacial score (nSPS) is 13.8. The van der Waals surface area contributed by atoms with Gasteiger partial charge in [-0.05, 0) is 57.0 Å². The number of hydrogen-bond acceptors (Lipinski definition) is 1. The minimum absolute atomic E-state index is 0.951. The predicted molar refractivity (Wildman–Crippen MR) is 141 cm³/mol. The van der Waals surface area contributed by atoms with Gasteiger partial charge in [0.1, 0.15) is 11.2 Å². The Morgan fingerprint density at radius 3 is 1.88 bits per heavy atom. The summed E-state index contributed by atoms with van der Waals surface area (Å²) < 4.78 is 6.31. The Morgan fingerprint density at radius 2 is 1.15 bits per heavy atom. The molecule has 1 aliphatic heterocycles. The van der Waals surface area contributed by atoms with E-state index in [1.54, 1.807) is 0 Å². The van der Waals surface area contributed by atoms with Gasteiger partial charge in [0.05, 0.1) is 0 Å². The largest absolute Gasteiger partial charge is 0.456 e. The SMILES string of the molecule is Cc1ccc2c(c1)[Si](c1ccccc1)(c1ccccc1)c1cc3c(cc1-2)oc1ccccc13. The molecule has 5 aromatic carbocycles. The van der Waals surface area contributed by atoms with Gasteiger partial charge in [-0.3, -0.25) is 0 Å². The summed E-state index contributed by atoms with van der Waals surface area (Å²) >= 11 is 0. The van der Waals surface area contributed by atoms with Crippen LogP contribution >= 0.6 is 0 Å². The molecule has 0 N–H and O–H groups in total. The molecule has 0 saturated heterocycles. The molecule has 0 saturated carbocycles. The number of fused-ring (bicyclic) bond motifs is 6. The fourth-order valence-corrected chi connectivity index (χ4v) is 11.1. The van der Waals surface area contributed by atoms with E-state index in [0.29, 0.717) is 0 Å². The van der Waals surface area contributed by atoms with Crippen molar-refractivity contribution in [2.24, 2.45) is 0 Å². The topological polar surface area (TPSA) is 13.1 Å². The molecule has 0 spiro atoms. The van der Waals surface area contributed by atoms with E-state index in [1.165, 1.54) is 48.2 Å². The zero-order valence-electron chi connectivity index (χ0n) is 18.4. The molecule has 33 heavy (non-hydrogen) atoms. The highest BCUT2D eigenvalue weighted by Crippen LogP contribution is 2.35. The van der Waals surface area contributed by atoms with Crippen LogP contribution in [-0.2, 0) is 0 Å². The third-order valence-electron chi connectivity index (χ3n) is 7.20. The average Bonchev–Trinajstić information content (AvgIpc) is 3.36. The van der Waals surface area contributed by atoms with Gasteiger partial charge in [0.15, 0.2) is 8.07 Å². The smallest absolute Gasteiger partial charge is 0.180 e. The van der Waals surface area contributed by atoms with Crippen molar-refractivity contribution in [1.29, 1.82) is 0 Å². The molecule has 156 valence electrons. The maximum Gasteiger partial charge on any atom is 0.180 e. The maximum absolute atomic E-state index is 6.31. The molecule has 0 atom stereocenters. The number of para-hydroxylation sites is 1. The number of hydrogen-bond donors (Lipinski definition) is 0. The van der Waals surface area contributed by atoms with Crippen molar-refractivity contribution < 1.29 is 4.42 Å². The molecule has 1 aliphatic rings. The van der Waals surface area contributed by atoms with Gasteiger partial charge in [-0.25, -0.2) is 0 Å². The van der Waals surface area contributed by atoms with Gasteiger partial charge in [0.25, 0.3) is 0 Å². The maximum atomic E-state index is 6.31. The van der Waals surface area contributed by atoms with Gasteiger partial charge in [0.2, 0.25) is 0 Å². The third kappa shape index (κ3) is 2.47. The summed E-state index contributed by atoms with van der Waals surface area (Å²) in [6.45, 7) is 2.21. The number of rotatable bonds is 2. The highest BCUT2D eigenvalue weighted by Gasteiger charge is 2.49. The van der Waals surface area contributed by atoms with E-state index < -0.39 is 8.07 Å². The molecule has 0 aliphatic carbocycles. The Labute approximate surface area is 194 Å². The van der Waals surface area contributed by atoms with E-state index in [2.05, 4.69) is 116 Å². The average molecular weight is 439 g/mol. The van der Waals surface area contributed by atoms with Crippen molar-refractivity contribution in [2.45, 2.75) is 6.92 Å². The highest BCUT2D eigenvalue weighted by atomic mass is 28.3. The van der Waals surface area contributed by atoms with Gasteiger partial charge in [-0.1, -0.05) is 103 Å². The van der Waals surface area contributed by atoms with Gasteiger partial charge in [-0.2, -0.15) is 0 Å². The van der Waals surface area contributed by atoms with Crippen molar-refractivity contribution in [1.82, 2.24) is 0 Å². The van der Waals surface area contributed by atoms with Crippen LogP contribution in [0.3, 0.4) is 0 Å². The Balaban J connectivity index is 1.70. The highest BCUT2D eigenvalue weighted by molar-refractivity contribution is 7.22. The Hall–Kier alpha value is -3.88. The van der Waals surface area contributed by atoms with Crippen LogP contribution < -0.4 is 20.7 Å². The first-order chi connectivity index (χ1) is 16.3. The summed E-state index contributed by atoms with van der Waals surface area (Å²) in [6.07, 6.45) is 0. The van der Waals surface area contributed by atoms with E-state index >= 15 is 0 Å². The molecule has 0 radical (unpaired) electrons. The second-order valence-electron chi connectivity index (χ2n) is 9.02. The van der Waals surface area contributed by atoms with Crippen LogP contribution in [0.4, 0.5) is 0 Å². The number of aryl methyl sites for hydroxylation is 1. The predicted octanol–water partition coefficient (Wildman–Crippen LogP) is 5.25. The van der Waals surface area contributed by atoms with Crippen LogP contribution in [0.25, 0.3) is 33.1 Å². The standard InChI is InChI=1S/C31H22OSi/c1-21-16-17-25-27-19-29-26(24-14-8-9-15-28(24)32-29)20-31(27)33(30(25)18-21,22-10-4-2-5-11-22)23-12-6-3-7-13-23/h2-20H,1H3. The van der Waals surface area contributed by atoms with Crippen molar-refractivity contribution in [3.63, 3.8) is 0 Å². The summed E-state index contributed by atoms with van der Waals surface area (Å²) in [6, 6.07) is 42.4. The molecule has 2 heterocycles. The van der Waals surface area contributed by atoms with Crippen LogP contribution in [0.1, 0.15) is 5.56 Å². The first-order valence-electron chi connectivity index (χ1n) is 11.4. The van der Waals surface area contributed by atoms with Crippen LogP contribution in [0.5, 0.6) is 0 Å². The molecular formula is C31H22OSi. The van der Waals surface area contributed by atoms with Gasteiger partial charge in [0, 0.05) is 10.8 Å². The lowest BCUT2D eigenvalue weighted by Gasteiger charge is -2.31. The summed E-state index contributed by atoms with van der Waals surface area (Å²) in [4.78, 5) is 0. The summed E-state index contributed by atoms with van der Waals surface area (Å²) in [7, 11) is -2.48. The molecule has 2 heteroatoms. The lowest BCUT2D eigenvalue weighted by molar-refractivity contribution is 0.669. The lowest BCUT2D eigenvalue weighted by Crippen LogP contribution is -2.72. The molecule has 0 bridgehead atoms. The lowest BCUT2D eigenvalue weighted by atomic mass is 10.0. The summed E-state index contributed by atoms with van der Waals surface area (Å²) in [5.41, 5.74) is 5.88. The molecule has 0 unspecified atom stereocenters. The molecule has 0 fully saturated rings. The van der Waals surface area contributed by atoms with Crippen LogP contribution in [0, 0.1) is 6.92 Å². The summed E-state index contributed by atoms with van der Waals surface area (Å²) in [5, 5.41) is 8.18. The molecule has 7 rings (SSSR count). The molecular weight excluding hydrogens is 416 g/mol. The number of furan rings is 1. The van der Waals surface area contributed by atoms with Crippen molar-refractivity contribution >= 4 is 50.8 Å². The third-order valence-corrected chi connectivity index (χ3v) is 12.0. The van der Waals surface area contributed by atoms with Crippen LogP contribution in [0.15, 0.2) is 120 Å². The first-order valence-corrected chi connectivity index (χ1v) is 13.4. The van der Waals surface area contributed by atoms with E-state index in [9.17, 15) is 0 Å². The molecule has 1 nitrogen and oxygen atoms in total. The molecule has 1 aromatic heterocycles.